The molecule has 0 radical (unpaired) electrons. The molecule has 12 heavy (non-hydrogen) atoms. The molecular weight excluding hydrogens is 174 g/mol. The number of rotatable bonds is 1. The largest absolute Gasteiger partial charge is 0.331 e. The van der Waals surface area contributed by atoms with Crippen molar-refractivity contribution in [1.29, 1.82) is 0 Å². The van der Waals surface area contributed by atoms with Crippen LogP contribution >= 0.6 is 11.8 Å². The summed E-state index contributed by atoms with van der Waals surface area (Å²) in [5.41, 5.74) is 0. The second-order valence-electron chi connectivity index (χ2n) is 2.91. The molecule has 4 heteroatoms. The highest BCUT2D eigenvalue weighted by molar-refractivity contribution is 7.99. The van der Waals surface area contributed by atoms with Gasteiger partial charge in [0, 0.05) is 25.0 Å². The first kappa shape index (κ1) is 9.58. The number of carbonyl (C=O) groups excluding carboxylic acids is 2. The lowest BCUT2D eigenvalue weighted by Crippen LogP contribution is -2.48. The van der Waals surface area contributed by atoms with Crippen molar-refractivity contribution in [3.8, 4) is 0 Å². The standard InChI is InChI=1S/C8H13NO2S/c1-6(10)8-5-12-4-3-9(8)7(2)11/h8H,3-5H2,1-2H3/t8-/m0/s1. The van der Waals surface area contributed by atoms with E-state index in [-0.39, 0.29) is 17.7 Å². The second-order valence-corrected chi connectivity index (χ2v) is 4.06. The van der Waals surface area contributed by atoms with Crippen LogP contribution in [0.4, 0.5) is 0 Å². The summed E-state index contributed by atoms with van der Waals surface area (Å²) in [6.45, 7) is 3.78. The summed E-state index contributed by atoms with van der Waals surface area (Å²) in [5, 5.41) is 0. The van der Waals surface area contributed by atoms with E-state index in [1.165, 1.54) is 6.92 Å². The molecule has 1 rings (SSSR count). The lowest BCUT2D eigenvalue weighted by Gasteiger charge is -2.32. The van der Waals surface area contributed by atoms with Crippen LogP contribution in [0.3, 0.4) is 0 Å². The molecule has 0 bridgehead atoms. The van der Waals surface area contributed by atoms with Gasteiger partial charge in [-0.25, -0.2) is 0 Å². The van der Waals surface area contributed by atoms with Crippen LogP contribution < -0.4 is 0 Å². The third-order valence-corrected chi connectivity index (χ3v) is 3.02. The molecule has 1 heterocycles. The number of nitrogens with zero attached hydrogens (tertiary/aromatic N) is 1. The van der Waals surface area contributed by atoms with E-state index in [9.17, 15) is 9.59 Å². The predicted octanol–water partition coefficient (Wildman–Crippen LogP) is 0.539. The highest BCUT2D eigenvalue weighted by Gasteiger charge is 2.27. The highest BCUT2D eigenvalue weighted by Crippen LogP contribution is 2.16. The van der Waals surface area contributed by atoms with Gasteiger partial charge in [0.1, 0.15) is 0 Å². The van der Waals surface area contributed by atoms with E-state index in [2.05, 4.69) is 0 Å². The maximum absolute atomic E-state index is 11.1. The van der Waals surface area contributed by atoms with Gasteiger partial charge in [0.2, 0.25) is 5.91 Å². The zero-order valence-corrected chi connectivity index (χ0v) is 8.19. The number of ketones is 1. The van der Waals surface area contributed by atoms with Crippen molar-refractivity contribution in [3.05, 3.63) is 0 Å². The third kappa shape index (κ3) is 2.00. The van der Waals surface area contributed by atoms with Crippen LogP contribution in [0.1, 0.15) is 13.8 Å². The zero-order chi connectivity index (χ0) is 9.14. The monoisotopic (exact) mass is 187 g/mol. The summed E-state index contributed by atoms with van der Waals surface area (Å²) in [7, 11) is 0. The molecule has 0 aromatic rings. The fourth-order valence-electron chi connectivity index (χ4n) is 1.32. The zero-order valence-electron chi connectivity index (χ0n) is 7.37. The number of hydrogen-bond acceptors (Lipinski definition) is 3. The molecular formula is C8H13NO2S. The molecule has 0 saturated carbocycles. The Labute approximate surface area is 76.5 Å². The summed E-state index contributed by atoms with van der Waals surface area (Å²) < 4.78 is 0. The van der Waals surface area contributed by atoms with Crippen molar-refractivity contribution in [2.24, 2.45) is 0 Å². The average Bonchev–Trinajstić information content (AvgIpc) is 2.04. The molecule has 0 aromatic heterocycles. The summed E-state index contributed by atoms with van der Waals surface area (Å²) in [6, 6.07) is -0.179. The minimum Gasteiger partial charge on any atom is -0.331 e. The first-order chi connectivity index (χ1) is 5.63. The van der Waals surface area contributed by atoms with Crippen molar-refractivity contribution < 1.29 is 9.59 Å². The van der Waals surface area contributed by atoms with Crippen molar-refractivity contribution in [2.75, 3.05) is 18.1 Å². The van der Waals surface area contributed by atoms with Gasteiger partial charge in [-0.15, -0.1) is 0 Å². The molecule has 1 fully saturated rings. The maximum atomic E-state index is 11.1. The van der Waals surface area contributed by atoms with Crippen LogP contribution in [-0.2, 0) is 9.59 Å². The quantitative estimate of drug-likeness (QED) is 0.601. The van der Waals surface area contributed by atoms with E-state index in [4.69, 9.17) is 0 Å². The minimum absolute atomic E-state index is 0.00972. The number of hydrogen-bond donors (Lipinski definition) is 0. The number of Topliss-reactive ketones (excluding diaryl/α,β-unsaturated/α-hetero) is 1. The molecule has 1 aliphatic rings. The lowest BCUT2D eigenvalue weighted by molar-refractivity contribution is -0.136. The van der Waals surface area contributed by atoms with Gasteiger partial charge < -0.3 is 4.90 Å². The molecule has 3 nitrogen and oxygen atoms in total. The van der Waals surface area contributed by atoms with E-state index >= 15 is 0 Å². The van der Waals surface area contributed by atoms with Crippen LogP contribution in [0.5, 0.6) is 0 Å². The summed E-state index contributed by atoms with van der Waals surface area (Å²) >= 11 is 1.74. The fraction of sp³-hybridized carbons (Fsp3) is 0.750. The fourth-order valence-corrected chi connectivity index (χ4v) is 2.45. The molecule has 68 valence electrons. The number of carbonyl (C=O) groups is 2. The van der Waals surface area contributed by atoms with Crippen molar-refractivity contribution in [3.63, 3.8) is 0 Å². The summed E-state index contributed by atoms with van der Waals surface area (Å²) in [5.74, 6) is 1.81. The van der Waals surface area contributed by atoms with Gasteiger partial charge in [0.15, 0.2) is 5.78 Å². The third-order valence-electron chi connectivity index (χ3n) is 2.00. The van der Waals surface area contributed by atoms with Gasteiger partial charge in [-0.05, 0) is 6.92 Å². The molecule has 1 aliphatic heterocycles. The predicted molar refractivity (Wildman–Crippen MR) is 49.2 cm³/mol. The Morgan fingerprint density at radius 1 is 1.42 bits per heavy atom. The Morgan fingerprint density at radius 2 is 2.08 bits per heavy atom. The van der Waals surface area contributed by atoms with E-state index in [1.54, 1.807) is 23.6 Å². The normalized spacial score (nSPS) is 23.8. The Kier molecular flexibility index (Phi) is 3.14. The molecule has 1 amide bonds. The molecule has 0 aromatic carbocycles. The Hall–Kier alpha value is -0.510. The van der Waals surface area contributed by atoms with Crippen molar-refractivity contribution in [1.82, 2.24) is 4.90 Å². The van der Waals surface area contributed by atoms with E-state index < -0.39 is 0 Å². The van der Waals surface area contributed by atoms with Crippen LogP contribution in [0, 0.1) is 0 Å². The van der Waals surface area contributed by atoms with Gasteiger partial charge in [-0.1, -0.05) is 0 Å². The topological polar surface area (TPSA) is 37.4 Å². The molecule has 0 aliphatic carbocycles. The number of thioether (sulfide) groups is 1. The van der Waals surface area contributed by atoms with E-state index in [0.717, 1.165) is 11.5 Å². The first-order valence-electron chi connectivity index (χ1n) is 3.98. The Bertz CT molecular complexity index is 183. The second kappa shape index (κ2) is 3.94. The first-order valence-corrected chi connectivity index (χ1v) is 5.14. The van der Waals surface area contributed by atoms with Gasteiger partial charge in [-0.2, -0.15) is 11.8 Å². The summed E-state index contributed by atoms with van der Waals surface area (Å²) in [4.78, 5) is 23.9. The van der Waals surface area contributed by atoms with Crippen LogP contribution in [-0.4, -0.2) is 40.7 Å². The van der Waals surface area contributed by atoms with E-state index in [1.807, 2.05) is 0 Å². The molecule has 0 N–H and O–H groups in total. The highest BCUT2D eigenvalue weighted by atomic mass is 32.2. The lowest BCUT2D eigenvalue weighted by atomic mass is 10.2. The SMILES string of the molecule is CC(=O)[C@@H]1CSCCN1C(C)=O. The van der Waals surface area contributed by atoms with Crippen LogP contribution in [0.2, 0.25) is 0 Å². The van der Waals surface area contributed by atoms with Crippen LogP contribution in [0.15, 0.2) is 0 Å². The van der Waals surface area contributed by atoms with E-state index in [0.29, 0.717) is 6.54 Å². The smallest absolute Gasteiger partial charge is 0.220 e. The Balaban J connectivity index is 2.67. The molecule has 1 saturated heterocycles. The summed E-state index contributed by atoms with van der Waals surface area (Å²) in [6.07, 6.45) is 0. The van der Waals surface area contributed by atoms with Crippen LogP contribution in [0.25, 0.3) is 0 Å². The van der Waals surface area contributed by atoms with Gasteiger partial charge >= 0.3 is 0 Å². The van der Waals surface area contributed by atoms with Crippen molar-refractivity contribution in [2.45, 2.75) is 19.9 Å². The van der Waals surface area contributed by atoms with Gasteiger partial charge in [-0.3, -0.25) is 9.59 Å². The molecule has 0 unspecified atom stereocenters. The molecule has 1 atom stereocenters. The molecule has 0 spiro atoms. The van der Waals surface area contributed by atoms with Gasteiger partial charge in [0.25, 0.3) is 0 Å². The Morgan fingerprint density at radius 3 is 2.50 bits per heavy atom. The minimum atomic E-state index is -0.179. The average molecular weight is 187 g/mol. The van der Waals surface area contributed by atoms with Crippen molar-refractivity contribution >= 4 is 23.5 Å². The maximum Gasteiger partial charge on any atom is 0.220 e. The number of amides is 1. The van der Waals surface area contributed by atoms with Gasteiger partial charge in [0.05, 0.1) is 6.04 Å².